The summed E-state index contributed by atoms with van der Waals surface area (Å²) < 4.78 is 5.50. The number of nitrogens with one attached hydrogen (secondary N) is 2. The summed E-state index contributed by atoms with van der Waals surface area (Å²) in [6, 6.07) is 0.435. The van der Waals surface area contributed by atoms with E-state index in [0.29, 0.717) is 17.2 Å². The summed E-state index contributed by atoms with van der Waals surface area (Å²) in [6.07, 6.45) is 6.33. The Morgan fingerprint density at radius 1 is 1.35 bits per heavy atom. The number of ether oxygens (including phenoxy) is 1. The lowest BCUT2D eigenvalue weighted by Gasteiger charge is -2.28. The molecule has 1 aliphatic rings. The van der Waals surface area contributed by atoms with Gasteiger partial charge in [-0.15, -0.1) is 0 Å². The van der Waals surface area contributed by atoms with E-state index in [9.17, 15) is 0 Å². The zero-order valence-corrected chi connectivity index (χ0v) is 13.0. The highest BCUT2D eigenvalue weighted by atomic mass is 16.5. The normalized spacial score (nSPS) is 20.7. The summed E-state index contributed by atoms with van der Waals surface area (Å²) in [7, 11) is 1.67. The Labute approximate surface area is 121 Å². The number of hydrogen-bond donors (Lipinski definition) is 2. The molecular formula is C15H26N4O. The number of anilines is 2. The van der Waals surface area contributed by atoms with Gasteiger partial charge >= 0.3 is 0 Å². The molecule has 0 radical (unpaired) electrons. The van der Waals surface area contributed by atoms with Crippen LogP contribution < -0.4 is 15.4 Å². The molecule has 5 nitrogen and oxygen atoms in total. The highest BCUT2D eigenvalue weighted by molar-refractivity contribution is 5.64. The van der Waals surface area contributed by atoms with Crippen molar-refractivity contribution < 1.29 is 4.74 Å². The van der Waals surface area contributed by atoms with E-state index in [1.54, 1.807) is 13.4 Å². The fourth-order valence-electron chi connectivity index (χ4n) is 2.80. The third-order valence-corrected chi connectivity index (χ3v) is 4.12. The Balaban J connectivity index is 2.18. The molecule has 0 bridgehead atoms. The Morgan fingerprint density at radius 3 is 2.70 bits per heavy atom. The molecule has 2 rings (SSSR count). The predicted molar refractivity (Wildman–Crippen MR) is 82.4 cm³/mol. The van der Waals surface area contributed by atoms with E-state index >= 15 is 0 Å². The second-order valence-corrected chi connectivity index (χ2v) is 6.11. The number of methoxy groups -OCH3 is 1. The summed E-state index contributed by atoms with van der Waals surface area (Å²) in [4.78, 5) is 8.63. The third kappa shape index (κ3) is 3.14. The lowest BCUT2D eigenvalue weighted by Crippen LogP contribution is -2.31. The molecule has 0 saturated heterocycles. The zero-order chi connectivity index (χ0) is 14.6. The molecule has 1 saturated carbocycles. The summed E-state index contributed by atoms with van der Waals surface area (Å²) in [6.45, 7) is 7.62. The van der Waals surface area contributed by atoms with Gasteiger partial charge < -0.3 is 15.4 Å². The van der Waals surface area contributed by atoms with E-state index in [2.05, 4.69) is 41.4 Å². The SMILES string of the molecule is CCCNc1ncnc(NC2CCCC2(C)C)c1OC. The van der Waals surface area contributed by atoms with E-state index in [1.165, 1.54) is 19.3 Å². The lowest BCUT2D eigenvalue weighted by atomic mass is 9.87. The fourth-order valence-corrected chi connectivity index (χ4v) is 2.80. The minimum Gasteiger partial charge on any atom is -0.490 e. The molecule has 20 heavy (non-hydrogen) atoms. The Morgan fingerprint density at radius 2 is 2.10 bits per heavy atom. The van der Waals surface area contributed by atoms with Crippen LogP contribution >= 0.6 is 0 Å². The van der Waals surface area contributed by atoms with Gasteiger partial charge in [0.05, 0.1) is 7.11 Å². The largest absolute Gasteiger partial charge is 0.490 e. The van der Waals surface area contributed by atoms with Crippen LogP contribution in [0.4, 0.5) is 11.6 Å². The zero-order valence-electron chi connectivity index (χ0n) is 13.0. The second-order valence-electron chi connectivity index (χ2n) is 6.11. The van der Waals surface area contributed by atoms with Crippen molar-refractivity contribution in [2.45, 2.75) is 52.5 Å². The molecule has 2 N–H and O–H groups in total. The maximum atomic E-state index is 5.50. The molecule has 1 unspecified atom stereocenters. The summed E-state index contributed by atoms with van der Waals surface area (Å²) >= 11 is 0. The molecule has 0 amide bonds. The molecule has 0 aromatic carbocycles. The van der Waals surface area contributed by atoms with E-state index in [0.717, 1.165) is 24.6 Å². The van der Waals surface area contributed by atoms with Crippen LogP contribution in [0.2, 0.25) is 0 Å². The van der Waals surface area contributed by atoms with Crippen LogP contribution in [0, 0.1) is 5.41 Å². The molecule has 1 fully saturated rings. The van der Waals surface area contributed by atoms with Crippen molar-refractivity contribution in [2.24, 2.45) is 5.41 Å². The molecule has 1 aromatic rings. The Kier molecular flexibility index (Phi) is 4.68. The summed E-state index contributed by atoms with van der Waals surface area (Å²) in [5, 5.41) is 6.84. The minimum absolute atomic E-state index is 0.299. The Hall–Kier alpha value is -1.52. The van der Waals surface area contributed by atoms with Gasteiger partial charge in [0.15, 0.2) is 11.6 Å². The van der Waals surface area contributed by atoms with Crippen molar-refractivity contribution in [3.63, 3.8) is 0 Å². The van der Waals surface area contributed by atoms with Crippen molar-refractivity contribution in [1.29, 1.82) is 0 Å². The fraction of sp³-hybridized carbons (Fsp3) is 0.733. The van der Waals surface area contributed by atoms with Crippen LogP contribution in [-0.2, 0) is 0 Å². The van der Waals surface area contributed by atoms with Crippen LogP contribution in [0.1, 0.15) is 46.5 Å². The molecule has 1 heterocycles. The van der Waals surface area contributed by atoms with Crippen LogP contribution in [0.25, 0.3) is 0 Å². The molecule has 1 aromatic heterocycles. The maximum Gasteiger partial charge on any atom is 0.204 e. The third-order valence-electron chi connectivity index (χ3n) is 4.12. The molecule has 1 atom stereocenters. The van der Waals surface area contributed by atoms with E-state index in [-0.39, 0.29) is 0 Å². The van der Waals surface area contributed by atoms with Gasteiger partial charge in [-0.3, -0.25) is 0 Å². The van der Waals surface area contributed by atoms with Gasteiger partial charge in [-0.1, -0.05) is 27.2 Å². The minimum atomic E-state index is 0.299. The molecule has 5 heteroatoms. The maximum absolute atomic E-state index is 5.50. The van der Waals surface area contributed by atoms with Gasteiger partial charge in [-0.2, -0.15) is 0 Å². The Bertz CT molecular complexity index is 447. The van der Waals surface area contributed by atoms with E-state index in [1.807, 2.05) is 0 Å². The smallest absolute Gasteiger partial charge is 0.204 e. The highest BCUT2D eigenvalue weighted by Crippen LogP contribution is 2.40. The van der Waals surface area contributed by atoms with Gasteiger partial charge in [0.2, 0.25) is 5.75 Å². The summed E-state index contributed by atoms with van der Waals surface area (Å²) in [5.74, 6) is 2.27. The predicted octanol–water partition coefficient (Wildman–Crippen LogP) is 3.30. The second kappa shape index (κ2) is 6.29. The van der Waals surface area contributed by atoms with Crippen LogP contribution in [0.3, 0.4) is 0 Å². The first-order valence-electron chi connectivity index (χ1n) is 7.48. The van der Waals surface area contributed by atoms with E-state index in [4.69, 9.17) is 4.74 Å². The lowest BCUT2D eigenvalue weighted by molar-refractivity contribution is 0.347. The molecule has 1 aliphatic carbocycles. The number of rotatable bonds is 6. The average molecular weight is 278 g/mol. The van der Waals surface area contributed by atoms with E-state index < -0.39 is 0 Å². The van der Waals surface area contributed by atoms with Crippen molar-refractivity contribution in [2.75, 3.05) is 24.3 Å². The van der Waals surface area contributed by atoms with Gasteiger partial charge in [-0.25, -0.2) is 9.97 Å². The average Bonchev–Trinajstić information content (AvgIpc) is 2.75. The molecular weight excluding hydrogens is 252 g/mol. The number of aromatic nitrogens is 2. The molecule has 112 valence electrons. The number of hydrogen-bond acceptors (Lipinski definition) is 5. The van der Waals surface area contributed by atoms with Gasteiger partial charge in [-0.05, 0) is 24.7 Å². The number of nitrogens with zero attached hydrogens (tertiary/aromatic N) is 2. The molecule has 0 spiro atoms. The first-order chi connectivity index (χ1) is 9.58. The summed E-state index contributed by atoms with van der Waals surface area (Å²) in [5.41, 5.74) is 0.299. The van der Waals surface area contributed by atoms with Gasteiger partial charge in [0, 0.05) is 12.6 Å². The quantitative estimate of drug-likeness (QED) is 0.836. The van der Waals surface area contributed by atoms with Crippen molar-refractivity contribution in [1.82, 2.24) is 9.97 Å². The molecule has 0 aliphatic heterocycles. The van der Waals surface area contributed by atoms with Crippen molar-refractivity contribution in [3.05, 3.63) is 6.33 Å². The van der Waals surface area contributed by atoms with Crippen LogP contribution in [0.15, 0.2) is 6.33 Å². The standard InChI is InChI=1S/C15H26N4O/c1-5-9-16-13-12(20-4)14(18-10-17-13)19-11-7-6-8-15(11,2)3/h10-11H,5-9H2,1-4H3,(H2,16,17,18,19). The van der Waals surface area contributed by atoms with Gasteiger partial charge in [0.1, 0.15) is 6.33 Å². The first kappa shape index (κ1) is 14.9. The highest BCUT2D eigenvalue weighted by Gasteiger charge is 2.35. The van der Waals surface area contributed by atoms with Crippen molar-refractivity contribution in [3.8, 4) is 5.75 Å². The monoisotopic (exact) mass is 278 g/mol. The van der Waals surface area contributed by atoms with Crippen LogP contribution in [-0.4, -0.2) is 29.7 Å². The van der Waals surface area contributed by atoms with Gasteiger partial charge in [0.25, 0.3) is 0 Å². The first-order valence-corrected chi connectivity index (χ1v) is 7.48. The van der Waals surface area contributed by atoms with Crippen LogP contribution in [0.5, 0.6) is 5.75 Å². The van der Waals surface area contributed by atoms with Crippen molar-refractivity contribution >= 4 is 11.6 Å². The topological polar surface area (TPSA) is 59.1 Å².